The Labute approximate surface area is 232 Å². The zero-order valence-electron chi connectivity index (χ0n) is 24.4. The van der Waals surface area contributed by atoms with Crippen molar-refractivity contribution in [3.8, 4) is 0 Å². The number of ether oxygens (including phenoxy) is 4. The predicted molar refractivity (Wildman–Crippen MR) is 148 cm³/mol. The quantitative estimate of drug-likeness (QED) is 0.218. The van der Waals surface area contributed by atoms with Gasteiger partial charge in [0.2, 0.25) is 0 Å². The first kappa shape index (κ1) is 33.3. The van der Waals surface area contributed by atoms with Crippen LogP contribution in [0.25, 0.3) is 0 Å². The van der Waals surface area contributed by atoms with E-state index in [1.165, 1.54) is 6.92 Å². The highest BCUT2D eigenvalue weighted by atomic mass is 16.6. The molecule has 8 nitrogen and oxygen atoms in total. The Morgan fingerprint density at radius 3 is 1.31 bits per heavy atom. The molecule has 2 rings (SSSR count). The number of hydrogen-bond acceptors (Lipinski definition) is 8. The fourth-order valence-electron chi connectivity index (χ4n) is 4.06. The molecule has 0 bridgehead atoms. The molecule has 0 fully saturated rings. The lowest BCUT2D eigenvalue weighted by molar-refractivity contribution is -0.166. The standard InChI is InChI=1S/C16H22O4.C15H20O4/c1-5-16(14(17)19-6-2,15(18)20-7-3)13-10-8-9-12(4)11-13;1-5-18-13(16)15(4,14(17)19-6-2)12-9-7-8-11(3)10-12/h8-11H,5-7H2,1-4H3;7-10H,5-6H2,1-4H3. The summed E-state index contributed by atoms with van der Waals surface area (Å²) in [5.74, 6) is -2.27. The first-order valence-corrected chi connectivity index (χ1v) is 13.3. The molecule has 0 aliphatic carbocycles. The Hall–Kier alpha value is -3.68. The molecule has 0 spiro atoms. The van der Waals surface area contributed by atoms with Crippen molar-refractivity contribution in [1.29, 1.82) is 0 Å². The number of carbonyl (C=O) groups is 4. The molecule has 0 saturated heterocycles. The van der Waals surface area contributed by atoms with E-state index in [1.54, 1.807) is 58.9 Å². The lowest BCUT2D eigenvalue weighted by atomic mass is 9.77. The average Bonchev–Trinajstić information content (AvgIpc) is 2.90. The van der Waals surface area contributed by atoms with Gasteiger partial charge in [-0.3, -0.25) is 19.2 Å². The lowest BCUT2D eigenvalue weighted by Crippen LogP contribution is -2.45. The first-order valence-electron chi connectivity index (χ1n) is 13.3. The van der Waals surface area contributed by atoms with Crippen LogP contribution in [-0.2, 0) is 49.0 Å². The van der Waals surface area contributed by atoms with E-state index in [2.05, 4.69) is 0 Å². The SMILES string of the molecule is CCOC(=O)C(C)(C(=O)OCC)c1cccc(C)c1.CCOC(=O)C(CC)(C(=O)OCC)c1cccc(C)c1. The third-order valence-corrected chi connectivity index (χ3v) is 6.25. The molecule has 0 N–H and O–H groups in total. The molecule has 0 radical (unpaired) electrons. The topological polar surface area (TPSA) is 105 Å². The number of carbonyl (C=O) groups excluding carboxylic acids is 4. The molecule has 0 saturated carbocycles. The van der Waals surface area contributed by atoms with Crippen molar-refractivity contribution in [3.63, 3.8) is 0 Å². The fraction of sp³-hybridized carbons (Fsp3) is 0.484. The van der Waals surface area contributed by atoms with Gasteiger partial charge in [0.1, 0.15) is 0 Å². The monoisotopic (exact) mass is 542 g/mol. The van der Waals surface area contributed by atoms with Gasteiger partial charge in [0, 0.05) is 0 Å². The van der Waals surface area contributed by atoms with E-state index in [0.717, 1.165) is 11.1 Å². The summed E-state index contributed by atoms with van der Waals surface area (Å²) in [4.78, 5) is 49.1. The van der Waals surface area contributed by atoms with Crippen LogP contribution in [0.5, 0.6) is 0 Å². The van der Waals surface area contributed by atoms with Crippen LogP contribution in [0.3, 0.4) is 0 Å². The number of rotatable bonds is 11. The molecule has 214 valence electrons. The first-order chi connectivity index (χ1) is 18.5. The Kier molecular flexibility index (Phi) is 13.4. The van der Waals surface area contributed by atoms with E-state index >= 15 is 0 Å². The highest BCUT2D eigenvalue weighted by Crippen LogP contribution is 2.32. The summed E-state index contributed by atoms with van der Waals surface area (Å²) in [6, 6.07) is 14.6. The van der Waals surface area contributed by atoms with Gasteiger partial charge < -0.3 is 18.9 Å². The number of hydrogen-bond donors (Lipinski definition) is 0. The van der Waals surface area contributed by atoms with E-state index in [0.29, 0.717) is 17.5 Å². The molecular formula is C31H42O8. The lowest BCUT2D eigenvalue weighted by Gasteiger charge is -2.28. The van der Waals surface area contributed by atoms with Crippen molar-refractivity contribution < 1.29 is 38.1 Å². The summed E-state index contributed by atoms with van der Waals surface area (Å²) in [7, 11) is 0. The van der Waals surface area contributed by atoms with Gasteiger partial charge in [0.05, 0.1) is 26.4 Å². The van der Waals surface area contributed by atoms with E-state index in [1.807, 2.05) is 38.1 Å². The maximum Gasteiger partial charge on any atom is 0.328 e. The molecule has 2 aromatic carbocycles. The zero-order chi connectivity index (χ0) is 29.6. The molecule has 0 aliphatic rings. The minimum absolute atomic E-state index is 0.222. The smallest absolute Gasteiger partial charge is 0.328 e. The van der Waals surface area contributed by atoms with Crippen molar-refractivity contribution in [3.05, 3.63) is 70.8 Å². The number of aryl methyl sites for hydroxylation is 2. The van der Waals surface area contributed by atoms with Crippen LogP contribution in [0.15, 0.2) is 48.5 Å². The Balaban J connectivity index is 0.000000391. The van der Waals surface area contributed by atoms with Crippen molar-refractivity contribution in [1.82, 2.24) is 0 Å². The fourth-order valence-corrected chi connectivity index (χ4v) is 4.06. The summed E-state index contributed by atoms with van der Waals surface area (Å²) in [6.45, 7) is 14.9. The third-order valence-electron chi connectivity index (χ3n) is 6.25. The van der Waals surface area contributed by atoms with Gasteiger partial charge in [0.25, 0.3) is 0 Å². The van der Waals surface area contributed by atoms with Crippen LogP contribution < -0.4 is 0 Å². The molecular weight excluding hydrogens is 500 g/mol. The van der Waals surface area contributed by atoms with Crippen molar-refractivity contribution in [2.24, 2.45) is 0 Å². The Bertz CT molecular complexity index is 1090. The third kappa shape index (κ3) is 7.91. The molecule has 2 aromatic rings. The average molecular weight is 543 g/mol. The summed E-state index contributed by atoms with van der Waals surface area (Å²) in [5.41, 5.74) is 0.364. The van der Waals surface area contributed by atoms with E-state index in [4.69, 9.17) is 18.9 Å². The highest BCUT2D eigenvalue weighted by molar-refractivity contribution is 6.06. The normalized spacial score (nSPS) is 11.0. The highest BCUT2D eigenvalue weighted by Gasteiger charge is 2.49. The van der Waals surface area contributed by atoms with Crippen molar-refractivity contribution >= 4 is 23.9 Å². The van der Waals surface area contributed by atoms with Gasteiger partial charge in [-0.2, -0.15) is 0 Å². The van der Waals surface area contributed by atoms with Crippen LogP contribution in [0.2, 0.25) is 0 Å². The molecule has 0 unspecified atom stereocenters. The summed E-state index contributed by atoms with van der Waals surface area (Å²) in [6.07, 6.45) is 0.300. The second kappa shape index (κ2) is 15.7. The Morgan fingerprint density at radius 1 is 0.590 bits per heavy atom. The maximum absolute atomic E-state index is 12.4. The second-order valence-electron chi connectivity index (χ2n) is 9.00. The Morgan fingerprint density at radius 2 is 0.949 bits per heavy atom. The van der Waals surface area contributed by atoms with Gasteiger partial charge in [0.15, 0.2) is 10.8 Å². The van der Waals surface area contributed by atoms with Gasteiger partial charge in [-0.05, 0) is 66.0 Å². The van der Waals surface area contributed by atoms with E-state index in [9.17, 15) is 19.2 Å². The largest absolute Gasteiger partial charge is 0.465 e. The van der Waals surface area contributed by atoms with Crippen LogP contribution in [0, 0.1) is 13.8 Å². The van der Waals surface area contributed by atoms with Gasteiger partial charge >= 0.3 is 23.9 Å². The van der Waals surface area contributed by atoms with Gasteiger partial charge in [-0.1, -0.05) is 66.6 Å². The number of benzene rings is 2. The predicted octanol–water partition coefficient (Wildman–Crippen LogP) is 5.15. The van der Waals surface area contributed by atoms with Crippen LogP contribution in [0.4, 0.5) is 0 Å². The molecule has 0 heterocycles. The summed E-state index contributed by atoms with van der Waals surface area (Å²) in [5, 5.41) is 0. The molecule has 8 heteroatoms. The molecule has 0 aliphatic heterocycles. The van der Waals surface area contributed by atoms with Crippen molar-refractivity contribution in [2.45, 2.75) is 72.6 Å². The second-order valence-corrected chi connectivity index (χ2v) is 9.00. The zero-order valence-corrected chi connectivity index (χ0v) is 24.4. The van der Waals surface area contributed by atoms with Crippen LogP contribution in [-0.4, -0.2) is 50.3 Å². The molecule has 39 heavy (non-hydrogen) atoms. The van der Waals surface area contributed by atoms with Crippen LogP contribution in [0.1, 0.15) is 70.2 Å². The minimum Gasteiger partial charge on any atom is -0.465 e. The molecule has 0 atom stereocenters. The molecule has 0 aromatic heterocycles. The van der Waals surface area contributed by atoms with Crippen molar-refractivity contribution in [2.75, 3.05) is 26.4 Å². The summed E-state index contributed by atoms with van der Waals surface area (Å²) >= 11 is 0. The minimum atomic E-state index is -1.42. The summed E-state index contributed by atoms with van der Waals surface area (Å²) < 4.78 is 20.3. The van der Waals surface area contributed by atoms with E-state index < -0.39 is 34.7 Å². The molecule has 0 amide bonds. The van der Waals surface area contributed by atoms with Gasteiger partial charge in [-0.15, -0.1) is 0 Å². The van der Waals surface area contributed by atoms with E-state index in [-0.39, 0.29) is 26.4 Å². The maximum atomic E-state index is 12.4. The van der Waals surface area contributed by atoms with Crippen LogP contribution >= 0.6 is 0 Å². The van der Waals surface area contributed by atoms with Gasteiger partial charge in [-0.25, -0.2) is 0 Å². The number of esters is 4.